The summed E-state index contributed by atoms with van der Waals surface area (Å²) in [5.74, 6) is -0.350. The Hall–Kier alpha value is -3.18. The van der Waals surface area contributed by atoms with Crippen molar-refractivity contribution in [3.63, 3.8) is 0 Å². The van der Waals surface area contributed by atoms with Gasteiger partial charge in [0.15, 0.2) is 11.6 Å². The van der Waals surface area contributed by atoms with Crippen LogP contribution in [0.25, 0.3) is 0 Å². The summed E-state index contributed by atoms with van der Waals surface area (Å²) in [4.78, 5) is 15.6. The minimum absolute atomic E-state index is 0.0399. The Morgan fingerprint density at radius 3 is 2.12 bits per heavy atom. The SMILES string of the molecule is COc1ccc(CN2CCC(NC(=O)C(c3ccccc3)c3ccccc3)CC2)cc1F. The molecule has 1 amide bonds. The molecule has 1 fully saturated rings. The molecule has 0 unspecified atom stereocenters. The molecule has 0 saturated carbocycles. The predicted molar refractivity (Wildman–Crippen MR) is 124 cm³/mol. The fourth-order valence-electron chi connectivity index (χ4n) is 4.37. The number of benzene rings is 3. The topological polar surface area (TPSA) is 41.6 Å². The first-order valence-electron chi connectivity index (χ1n) is 11.1. The number of likely N-dealkylation sites (tertiary alicyclic amines) is 1. The molecule has 0 aromatic heterocycles. The molecule has 5 heteroatoms. The summed E-state index contributed by atoms with van der Waals surface area (Å²) in [6.45, 7) is 2.41. The Morgan fingerprint density at radius 1 is 1.00 bits per heavy atom. The summed E-state index contributed by atoms with van der Waals surface area (Å²) in [5, 5.41) is 3.28. The number of methoxy groups -OCH3 is 1. The monoisotopic (exact) mass is 432 g/mol. The maximum Gasteiger partial charge on any atom is 0.232 e. The van der Waals surface area contributed by atoms with Gasteiger partial charge in [-0.25, -0.2) is 4.39 Å². The van der Waals surface area contributed by atoms with Crippen molar-refractivity contribution in [2.75, 3.05) is 20.2 Å². The van der Waals surface area contributed by atoms with Gasteiger partial charge in [-0.15, -0.1) is 0 Å². The van der Waals surface area contributed by atoms with Crippen LogP contribution in [-0.4, -0.2) is 37.0 Å². The van der Waals surface area contributed by atoms with Gasteiger partial charge >= 0.3 is 0 Å². The molecule has 166 valence electrons. The number of carbonyl (C=O) groups excluding carboxylic acids is 1. The molecule has 0 bridgehead atoms. The summed E-state index contributed by atoms with van der Waals surface area (Å²) in [6, 6.07) is 25.1. The van der Waals surface area contributed by atoms with Gasteiger partial charge < -0.3 is 10.1 Å². The van der Waals surface area contributed by atoms with E-state index in [0.717, 1.165) is 42.6 Å². The van der Waals surface area contributed by atoms with Gasteiger partial charge in [-0.3, -0.25) is 9.69 Å². The van der Waals surface area contributed by atoms with Gasteiger partial charge in [0.05, 0.1) is 13.0 Å². The predicted octanol–water partition coefficient (Wildman–Crippen LogP) is 4.75. The number of carbonyl (C=O) groups is 1. The molecule has 3 aromatic carbocycles. The molecule has 0 atom stereocenters. The highest BCUT2D eigenvalue weighted by Crippen LogP contribution is 2.26. The number of halogens is 1. The van der Waals surface area contributed by atoms with E-state index in [0.29, 0.717) is 6.54 Å². The lowest BCUT2D eigenvalue weighted by molar-refractivity contribution is -0.122. The lowest BCUT2D eigenvalue weighted by Gasteiger charge is -2.33. The first-order chi connectivity index (χ1) is 15.6. The van der Waals surface area contributed by atoms with E-state index in [-0.39, 0.29) is 29.4 Å². The molecule has 1 heterocycles. The number of hydrogen-bond acceptors (Lipinski definition) is 3. The second-order valence-electron chi connectivity index (χ2n) is 8.28. The highest BCUT2D eigenvalue weighted by molar-refractivity contribution is 5.87. The number of amides is 1. The third kappa shape index (κ3) is 5.35. The van der Waals surface area contributed by atoms with E-state index in [9.17, 15) is 9.18 Å². The molecule has 1 saturated heterocycles. The van der Waals surface area contributed by atoms with E-state index in [1.807, 2.05) is 66.7 Å². The summed E-state index contributed by atoms with van der Waals surface area (Å²) in [5.41, 5.74) is 2.92. The van der Waals surface area contributed by atoms with Crippen molar-refractivity contribution in [2.24, 2.45) is 0 Å². The Bertz CT molecular complexity index is 979. The molecule has 1 aliphatic heterocycles. The van der Waals surface area contributed by atoms with Crippen LogP contribution in [0.5, 0.6) is 5.75 Å². The Balaban J connectivity index is 1.36. The first kappa shape index (κ1) is 22.0. The van der Waals surface area contributed by atoms with E-state index in [1.54, 1.807) is 6.07 Å². The molecular weight excluding hydrogens is 403 g/mol. The molecule has 32 heavy (non-hydrogen) atoms. The van der Waals surface area contributed by atoms with Crippen LogP contribution in [0.4, 0.5) is 4.39 Å². The number of ether oxygens (including phenoxy) is 1. The molecule has 4 nitrogen and oxygen atoms in total. The summed E-state index contributed by atoms with van der Waals surface area (Å²) < 4.78 is 19.0. The molecule has 3 aromatic rings. The Labute approximate surface area is 189 Å². The molecule has 4 rings (SSSR count). The molecule has 1 N–H and O–H groups in total. The summed E-state index contributed by atoms with van der Waals surface area (Å²) in [7, 11) is 1.47. The van der Waals surface area contributed by atoms with Crippen molar-refractivity contribution in [1.29, 1.82) is 0 Å². The molecule has 0 radical (unpaired) electrons. The van der Waals surface area contributed by atoms with Crippen molar-refractivity contribution in [3.8, 4) is 5.75 Å². The fourth-order valence-corrected chi connectivity index (χ4v) is 4.37. The van der Waals surface area contributed by atoms with Gasteiger partial charge in [0.1, 0.15) is 0 Å². The number of piperidine rings is 1. The smallest absolute Gasteiger partial charge is 0.232 e. The minimum Gasteiger partial charge on any atom is -0.494 e. The number of nitrogens with one attached hydrogen (secondary N) is 1. The van der Waals surface area contributed by atoms with Gasteiger partial charge in [-0.2, -0.15) is 0 Å². The zero-order chi connectivity index (χ0) is 22.3. The van der Waals surface area contributed by atoms with E-state index in [1.165, 1.54) is 13.2 Å². The van der Waals surface area contributed by atoms with Crippen molar-refractivity contribution >= 4 is 5.91 Å². The van der Waals surface area contributed by atoms with E-state index in [2.05, 4.69) is 10.2 Å². The van der Waals surface area contributed by atoms with Crippen LogP contribution in [0.3, 0.4) is 0 Å². The number of rotatable bonds is 7. The van der Waals surface area contributed by atoms with Crippen LogP contribution in [0.15, 0.2) is 78.9 Å². The first-order valence-corrected chi connectivity index (χ1v) is 11.1. The van der Waals surface area contributed by atoms with Crippen molar-refractivity contribution in [1.82, 2.24) is 10.2 Å². The zero-order valence-electron chi connectivity index (χ0n) is 18.3. The van der Waals surface area contributed by atoms with Gasteiger partial charge in [-0.05, 0) is 41.7 Å². The summed E-state index contributed by atoms with van der Waals surface area (Å²) >= 11 is 0. The lowest BCUT2D eigenvalue weighted by atomic mass is 9.90. The molecule has 0 aliphatic carbocycles. The molecule has 1 aliphatic rings. The van der Waals surface area contributed by atoms with Crippen molar-refractivity contribution in [3.05, 3.63) is 101 Å². The molecular formula is C27H29FN2O2. The van der Waals surface area contributed by atoms with Crippen LogP contribution in [-0.2, 0) is 11.3 Å². The third-order valence-electron chi connectivity index (χ3n) is 6.08. The third-order valence-corrected chi connectivity index (χ3v) is 6.08. The van der Waals surface area contributed by atoms with Gasteiger partial charge in [0.25, 0.3) is 0 Å². The Morgan fingerprint density at radius 2 is 1.59 bits per heavy atom. The van der Waals surface area contributed by atoms with Crippen LogP contribution in [0, 0.1) is 5.82 Å². The van der Waals surface area contributed by atoms with Crippen LogP contribution in [0.1, 0.15) is 35.4 Å². The van der Waals surface area contributed by atoms with Crippen LogP contribution < -0.4 is 10.1 Å². The van der Waals surface area contributed by atoms with Crippen LogP contribution in [0.2, 0.25) is 0 Å². The highest BCUT2D eigenvalue weighted by Gasteiger charge is 2.27. The minimum atomic E-state index is -0.333. The second-order valence-corrected chi connectivity index (χ2v) is 8.28. The quantitative estimate of drug-likeness (QED) is 0.586. The number of nitrogens with zero attached hydrogens (tertiary/aromatic N) is 1. The second kappa shape index (κ2) is 10.4. The maximum absolute atomic E-state index is 14.0. The van der Waals surface area contributed by atoms with Crippen molar-refractivity contribution in [2.45, 2.75) is 31.3 Å². The summed E-state index contributed by atoms with van der Waals surface area (Å²) in [6.07, 6.45) is 1.75. The van der Waals surface area contributed by atoms with Crippen LogP contribution >= 0.6 is 0 Å². The highest BCUT2D eigenvalue weighted by atomic mass is 19.1. The van der Waals surface area contributed by atoms with Crippen molar-refractivity contribution < 1.29 is 13.9 Å². The van der Waals surface area contributed by atoms with E-state index < -0.39 is 0 Å². The molecule has 0 spiro atoms. The Kier molecular flexibility index (Phi) is 7.17. The van der Waals surface area contributed by atoms with E-state index >= 15 is 0 Å². The van der Waals surface area contributed by atoms with E-state index in [4.69, 9.17) is 4.74 Å². The zero-order valence-corrected chi connectivity index (χ0v) is 18.3. The maximum atomic E-state index is 14.0. The largest absolute Gasteiger partial charge is 0.494 e. The number of hydrogen-bond donors (Lipinski definition) is 1. The van der Waals surface area contributed by atoms with Gasteiger partial charge in [0, 0.05) is 25.7 Å². The standard InChI is InChI=1S/C27H29FN2O2/c1-32-25-13-12-20(18-24(25)28)19-30-16-14-23(15-17-30)29-27(31)26(21-8-4-2-5-9-21)22-10-6-3-7-11-22/h2-13,18,23,26H,14-17,19H2,1H3,(H,29,31). The van der Waals surface area contributed by atoms with Gasteiger partial charge in [0.2, 0.25) is 5.91 Å². The van der Waals surface area contributed by atoms with Gasteiger partial charge in [-0.1, -0.05) is 66.7 Å². The average Bonchev–Trinajstić information content (AvgIpc) is 2.82. The lowest BCUT2D eigenvalue weighted by Crippen LogP contribution is -2.45. The fraction of sp³-hybridized carbons (Fsp3) is 0.296. The normalized spacial score (nSPS) is 15.0. The average molecular weight is 433 g/mol.